The van der Waals surface area contributed by atoms with Gasteiger partial charge in [0.1, 0.15) is 5.82 Å². The van der Waals surface area contributed by atoms with Gasteiger partial charge in [0, 0.05) is 17.3 Å². The van der Waals surface area contributed by atoms with Crippen molar-refractivity contribution in [3.63, 3.8) is 0 Å². The molecule has 1 aromatic rings. The Labute approximate surface area is 87.7 Å². The maximum Gasteiger partial charge on any atom is 0.198 e. The molecular weight excluding hydrogens is 196 g/mol. The Bertz CT molecular complexity index is 394. The number of aryl methyl sites for hydroxylation is 1. The predicted molar refractivity (Wildman–Crippen MR) is 58.3 cm³/mol. The van der Waals surface area contributed by atoms with Crippen molar-refractivity contribution >= 4 is 18.0 Å². The predicted octanol–water partition coefficient (Wildman–Crippen LogP) is 1.15. The van der Waals surface area contributed by atoms with Gasteiger partial charge < -0.3 is 16.5 Å². The number of anilines is 1. The highest BCUT2D eigenvalue weighted by atomic mass is 32.1. The summed E-state index contributed by atoms with van der Waals surface area (Å²) in [7, 11) is 0. The smallest absolute Gasteiger partial charge is 0.198 e. The van der Waals surface area contributed by atoms with E-state index < -0.39 is 0 Å². The molecule has 0 aliphatic heterocycles. The number of hydrogen-bond donors (Lipinski definition) is 3. The van der Waals surface area contributed by atoms with E-state index in [2.05, 4.69) is 9.97 Å². The minimum Gasteiger partial charge on any atom is -0.385 e. The first kappa shape index (κ1) is 9.61. The normalized spacial score (nSPS) is 18.1. The van der Waals surface area contributed by atoms with Gasteiger partial charge in [0.15, 0.2) is 4.77 Å². The van der Waals surface area contributed by atoms with E-state index in [1.807, 2.05) is 0 Å². The molecule has 1 aliphatic carbocycles. The Morgan fingerprint density at radius 3 is 2.86 bits per heavy atom. The number of aromatic amines is 1. The minimum atomic E-state index is 0.0685. The molecule has 5 heteroatoms. The lowest BCUT2D eigenvalue weighted by molar-refractivity contribution is 0.608. The van der Waals surface area contributed by atoms with Crippen LogP contribution in [0.3, 0.4) is 0 Å². The second kappa shape index (κ2) is 3.33. The maximum atomic E-state index is 5.98. The van der Waals surface area contributed by atoms with Crippen molar-refractivity contribution < 1.29 is 0 Å². The van der Waals surface area contributed by atoms with Crippen LogP contribution in [0.5, 0.6) is 0 Å². The van der Waals surface area contributed by atoms with Crippen LogP contribution in [0.4, 0.5) is 5.82 Å². The van der Waals surface area contributed by atoms with E-state index in [0.29, 0.717) is 10.6 Å². The summed E-state index contributed by atoms with van der Waals surface area (Å²) in [6.45, 7) is 0. The standard InChI is InChI=1S/C9H14N4S/c10-7-6(5-12-8(14)13-7)1-2-9(11)3-4-9/h5H,1-4,11H2,(H3,10,12,13,14). The SMILES string of the molecule is Nc1[nH]c(=S)ncc1CCC1(N)CC1. The van der Waals surface area contributed by atoms with Crippen molar-refractivity contribution in [2.45, 2.75) is 31.2 Å². The van der Waals surface area contributed by atoms with Crippen molar-refractivity contribution in [3.8, 4) is 0 Å². The summed E-state index contributed by atoms with van der Waals surface area (Å²) in [6, 6.07) is 0. The third-order valence-electron chi connectivity index (χ3n) is 2.71. The summed E-state index contributed by atoms with van der Waals surface area (Å²) < 4.78 is 0.431. The van der Waals surface area contributed by atoms with Crippen LogP contribution in [0.1, 0.15) is 24.8 Å². The number of rotatable bonds is 3. The molecule has 1 aromatic heterocycles. The van der Waals surface area contributed by atoms with Gasteiger partial charge in [0.05, 0.1) is 0 Å². The maximum absolute atomic E-state index is 5.98. The van der Waals surface area contributed by atoms with Gasteiger partial charge in [-0.2, -0.15) is 0 Å². The fraction of sp³-hybridized carbons (Fsp3) is 0.556. The fourth-order valence-electron chi connectivity index (χ4n) is 1.43. The van der Waals surface area contributed by atoms with Gasteiger partial charge in [0.2, 0.25) is 0 Å². The summed E-state index contributed by atoms with van der Waals surface area (Å²) in [5.41, 5.74) is 12.8. The molecule has 14 heavy (non-hydrogen) atoms. The molecule has 0 amide bonds. The second-order valence-corrected chi connectivity index (χ2v) is 4.38. The Hall–Kier alpha value is -0.940. The van der Waals surface area contributed by atoms with Crippen LogP contribution in [0, 0.1) is 4.77 Å². The number of nitrogens with zero attached hydrogens (tertiary/aromatic N) is 1. The number of nitrogens with two attached hydrogens (primary N) is 2. The number of H-pyrrole nitrogens is 1. The van der Waals surface area contributed by atoms with Gasteiger partial charge >= 0.3 is 0 Å². The van der Waals surface area contributed by atoms with Gasteiger partial charge in [0.25, 0.3) is 0 Å². The first-order valence-electron chi connectivity index (χ1n) is 4.72. The van der Waals surface area contributed by atoms with E-state index in [-0.39, 0.29) is 5.54 Å². The van der Waals surface area contributed by atoms with Crippen LogP contribution in [-0.2, 0) is 6.42 Å². The first-order chi connectivity index (χ1) is 6.59. The highest BCUT2D eigenvalue weighted by molar-refractivity contribution is 7.71. The molecule has 0 unspecified atom stereocenters. The monoisotopic (exact) mass is 210 g/mol. The molecule has 4 nitrogen and oxygen atoms in total. The van der Waals surface area contributed by atoms with E-state index in [1.54, 1.807) is 6.20 Å². The van der Waals surface area contributed by atoms with Gasteiger partial charge in [-0.3, -0.25) is 0 Å². The third kappa shape index (κ3) is 2.10. The van der Waals surface area contributed by atoms with Crippen molar-refractivity contribution in [2.24, 2.45) is 5.73 Å². The van der Waals surface area contributed by atoms with Crippen molar-refractivity contribution in [1.29, 1.82) is 0 Å². The topological polar surface area (TPSA) is 80.7 Å². The van der Waals surface area contributed by atoms with Gasteiger partial charge in [-0.05, 0) is 37.9 Å². The van der Waals surface area contributed by atoms with Crippen LogP contribution in [-0.4, -0.2) is 15.5 Å². The van der Waals surface area contributed by atoms with Crippen LogP contribution in [0.15, 0.2) is 6.20 Å². The Morgan fingerprint density at radius 1 is 1.57 bits per heavy atom. The van der Waals surface area contributed by atoms with Crippen molar-refractivity contribution in [3.05, 3.63) is 16.5 Å². The molecule has 2 rings (SSSR count). The highest BCUT2D eigenvalue weighted by Gasteiger charge is 2.37. The summed E-state index contributed by atoms with van der Waals surface area (Å²) in [5.74, 6) is 0.620. The number of nitrogens with one attached hydrogen (secondary N) is 1. The molecule has 0 saturated heterocycles. The molecule has 5 N–H and O–H groups in total. The zero-order valence-corrected chi connectivity index (χ0v) is 8.73. The van der Waals surface area contributed by atoms with E-state index >= 15 is 0 Å². The molecule has 0 atom stereocenters. The van der Waals surface area contributed by atoms with Crippen LogP contribution < -0.4 is 11.5 Å². The van der Waals surface area contributed by atoms with Gasteiger partial charge in [-0.25, -0.2) is 4.98 Å². The van der Waals surface area contributed by atoms with E-state index in [9.17, 15) is 0 Å². The van der Waals surface area contributed by atoms with Crippen molar-refractivity contribution in [2.75, 3.05) is 5.73 Å². The fourth-order valence-corrected chi connectivity index (χ4v) is 1.59. The average Bonchev–Trinajstić information content (AvgIpc) is 2.83. The molecule has 1 fully saturated rings. The van der Waals surface area contributed by atoms with Gasteiger partial charge in [-0.1, -0.05) is 0 Å². The summed E-state index contributed by atoms with van der Waals surface area (Å²) >= 11 is 4.86. The number of nitrogen functional groups attached to an aromatic ring is 1. The molecule has 0 bridgehead atoms. The first-order valence-corrected chi connectivity index (χ1v) is 5.12. The molecular formula is C9H14N4S. The summed E-state index contributed by atoms with van der Waals surface area (Å²) in [6.07, 6.45) is 5.84. The third-order valence-corrected chi connectivity index (χ3v) is 2.92. The van der Waals surface area contributed by atoms with E-state index in [4.69, 9.17) is 23.7 Å². The average molecular weight is 210 g/mol. The Morgan fingerprint density at radius 2 is 2.29 bits per heavy atom. The molecule has 1 aliphatic rings. The lowest BCUT2D eigenvalue weighted by atomic mass is 10.1. The van der Waals surface area contributed by atoms with Crippen LogP contribution >= 0.6 is 12.2 Å². The second-order valence-electron chi connectivity index (χ2n) is 3.99. The molecule has 0 aromatic carbocycles. The van der Waals surface area contributed by atoms with Gasteiger partial charge in [-0.15, -0.1) is 0 Å². The van der Waals surface area contributed by atoms with Crippen LogP contribution in [0.25, 0.3) is 0 Å². The highest BCUT2D eigenvalue weighted by Crippen LogP contribution is 2.36. The number of hydrogen-bond acceptors (Lipinski definition) is 4. The lowest BCUT2D eigenvalue weighted by Crippen LogP contribution is -2.22. The minimum absolute atomic E-state index is 0.0685. The Balaban J connectivity index is 2.05. The van der Waals surface area contributed by atoms with E-state index in [0.717, 1.165) is 31.2 Å². The molecule has 1 heterocycles. The Kier molecular flexibility index (Phi) is 2.28. The zero-order chi connectivity index (χ0) is 10.2. The summed E-state index contributed by atoms with van der Waals surface area (Å²) in [4.78, 5) is 6.84. The van der Waals surface area contributed by atoms with Crippen molar-refractivity contribution in [1.82, 2.24) is 9.97 Å². The van der Waals surface area contributed by atoms with Crippen LogP contribution in [0.2, 0.25) is 0 Å². The quantitative estimate of drug-likeness (QED) is 0.654. The molecule has 76 valence electrons. The largest absolute Gasteiger partial charge is 0.385 e. The molecule has 0 spiro atoms. The molecule has 1 saturated carbocycles. The summed E-state index contributed by atoms with van der Waals surface area (Å²) in [5, 5.41) is 0. The van der Waals surface area contributed by atoms with E-state index in [1.165, 1.54) is 0 Å². The lowest BCUT2D eigenvalue weighted by Gasteiger charge is -2.09. The number of aromatic nitrogens is 2. The molecule has 0 radical (unpaired) electrons. The zero-order valence-electron chi connectivity index (χ0n) is 7.92.